The first-order chi connectivity index (χ1) is 13.2. The number of aliphatic hydroxyl groups excluding tert-OH is 1. The van der Waals surface area contributed by atoms with E-state index >= 15 is 0 Å². The molecule has 0 aliphatic rings. The number of carboxylic acids is 1. The van der Waals surface area contributed by atoms with Crippen LogP contribution in [0.5, 0.6) is 0 Å². The smallest absolute Gasteiger partial charge is 0.328 e. The van der Waals surface area contributed by atoms with Crippen LogP contribution in [0.25, 0.3) is 11.4 Å². The first-order valence-electron chi connectivity index (χ1n) is 8.03. The predicted molar refractivity (Wildman–Crippen MR) is 91.0 cm³/mol. The first kappa shape index (κ1) is 20.8. The van der Waals surface area contributed by atoms with Gasteiger partial charge in [-0.1, -0.05) is 17.3 Å². The number of carbonyl (C=O) groups is 3. The third-order valence-electron chi connectivity index (χ3n) is 3.57. The Morgan fingerprint density at radius 2 is 2.04 bits per heavy atom. The third kappa shape index (κ3) is 5.48. The van der Waals surface area contributed by atoms with E-state index in [4.69, 9.17) is 15.4 Å². The Labute approximate surface area is 157 Å². The number of hydrogen-bond donors (Lipinski definition) is 5. The van der Waals surface area contributed by atoms with Gasteiger partial charge in [-0.15, -0.1) is 0 Å². The molecule has 0 bridgehead atoms. The second-order valence-electron chi connectivity index (χ2n) is 5.86. The number of aliphatic hydroxyl groups is 1. The summed E-state index contributed by atoms with van der Waals surface area (Å²) >= 11 is 0. The summed E-state index contributed by atoms with van der Waals surface area (Å²) in [5, 5.41) is 26.4. The molecule has 1 heterocycles. The molecule has 0 saturated heterocycles. The van der Waals surface area contributed by atoms with Crippen molar-refractivity contribution in [3.05, 3.63) is 36.0 Å². The zero-order chi connectivity index (χ0) is 20.8. The molecule has 1 aromatic heterocycles. The number of carboxylic acid groups (broad SMARTS) is 1. The highest BCUT2D eigenvalue weighted by atomic mass is 19.1. The van der Waals surface area contributed by atoms with Gasteiger partial charge < -0.3 is 31.1 Å². The lowest BCUT2D eigenvalue weighted by molar-refractivity contribution is -0.141. The van der Waals surface area contributed by atoms with E-state index in [0.29, 0.717) is 5.56 Å². The Bertz CT molecular complexity index is 871. The minimum atomic E-state index is -1.58. The molecule has 12 heteroatoms. The van der Waals surface area contributed by atoms with Gasteiger partial charge in [-0.2, -0.15) is 4.98 Å². The highest BCUT2D eigenvalue weighted by Gasteiger charge is 2.28. The molecular formula is C16H18FN5O6. The van der Waals surface area contributed by atoms with Crippen LogP contribution in [0, 0.1) is 5.82 Å². The van der Waals surface area contributed by atoms with Crippen LogP contribution in [0.3, 0.4) is 0 Å². The summed E-state index contributed by atoms with van der Waals surface area (Å²) < 4.78 is 18.4. The molecule has 6 N–H and O–H groups in total. The summed E-state index contributed by atoms with van der Waals surface area (Å²) in [6.45, 7) is 1.18. The van der Waals surface area contributed by atoms with Crippen molar-refractivity contribution in [3.63, 3.8) is 0 Å². The fraction of sp³-hybridized carbons (Fsp3) is 0.312. The Kier molecular flexibility index (Phi) is 6.60. The first-order valence-corrected chi connectivity index (χ1v) is 8.03. The van der Waals surface area contributed by atoms with Gasteiger partial charge in [0.1, 0.15) is 11.9 Å². The Balaban J connectivity index is 2.19. The van der Waals surface area contributed by atoms with Crippen molar-refractivity contribution < 1.29 is 33.5 Å². The zero-order valence-electron chi connectivity index (χ0n) is 14.6. The minimum absolute atomic E-state index is 0.0126. The van der Waals surface area contributed by atoms with Crippen molar-refractivity contribution in [1.29, 1.82) is 0 Å². The topological polar surface area (TPSA) is 181 Å². The molecule has 11 nitrogen and oxygen atoms in total. The normalized spacial score (nSPS) is 14.0. The quantitative estimate of drug-likeness (QED) is 0.411. The van der Waals surface area contributed by atoms with E-state index in [0.717, 1.165) is 6.07 Å². The van der Waals surface area contributed by atoms with Crippen molar-refractivity contribution in [2.24, 2.45) is 5.73 Å². The number of amides is 3. The number of primary amides is 1. The highest BCUT2D eigenvalue weighted by molar-refractivity contribution is 5.83. The molecule has 3 amide bonds. The summed E-state index contributed by atoms with van der Waals surface area (Å²) in [6.07, 6.45) is -1.80. The van der Waals surface area contributed by atoms with Crippen LogP contribution >= 0.6 is 0 Å². The van der Waals surface area contributed by atoms with Crippen LogP contribution in [0.2, 0.25) is 0 Å². The predicted octanol–water partition coefficient (Wildman–Crippen LogP) is -0.0746. The average molecular weight is 395 g/mol. The summed E-state index contributed by atoms with van der Waals surface area (Å²) in [7, 11) is 0. The molecule has 0 saturated carbocycles. The number of urea groups is 1. The van der Waals surface area contributed by atoms with E-state index in [1.54, 1.807) is 0 Å². The molecule has 0 spiro atoms. The van der Waals surface area contributed by atoms with Crippen molar-refractivity contribution >= 4 is 17.9 Å². The average Bonchev–Trinajstić information content (AvgIpc) is 3.08. The number of hydrogen-bond acceptors (Lipinski definition) is 7. The number of nitrogens with zero attached hydrogens (tertiary/aromatic N) is 2. The molecular weight excluding hydrogens is 377 g/mol. The van der Waals surface area contributed by atoms with E-state index in [9.17, 15) is 23.9 Å². The summed E-state index contributed by atoms with van der Waals surface area (Å²) in [4.78, 5) is 38.4. The van der Waals surface area contributed by atoms with E-state index < -0.39 is 48.3 Å². The fourth-order valence-corrected chi connectivity index (χ4v) is 2.25. The van der Waals surface area contributed by atoms with Crippen LogP contribution in [0.15, 0.2) is 28.8 Å². The molecule has 0 aliphatic carbocycles. The van der Waals surface area contributed by atoms with Crippen LogP contribution in [0.4, 0.5) is 9.18 Å². The van der Waals surface area contributed by atoms with Crippen LogP contribution in [0.1, 0.15) is 25.3 Å². The summed E-state index contributed by atoms with van der Waals surface area (Å²) in [6, 6.07) is 1.60. The number of benzene rings is 1. The number of halogens is 1. The number of rotatable bonds is 8. The molecule has 0 fully saturated rings. The lowest BCUT2D eigenvalue weighted by Crippen LogP contribution is -2.52. The van der Waals surface area contributed by atoms with Crippen LogP contribution in [-0.4, -0.2) is 50.4 Å². The Morgan fingerprint density at radius 1 is 1.32 bits per heavy atom. The molecule has 3 atom stereocenters. The van der Waals surface area contributed by atoms with Gasteiger partial charge in [0.25, 0.3) is 0 Å². The van der Waals surface area contributed by atoms with Crippen molar-refractivity contribution in [1.82, 2.24) is 20.8 Å². The lowest BCUT2D eigenvalue weighted by atomic mass is 10.1. The SMILES string of the molecule is CC(O)C(NC(=O)N[C@@H](CC(N)=O)c1nc(-c2cccc(F)c2)no1)C(=O)O. The monoisotopic (exact) mass is 395 g/mol. The van der Waals surface area contributed by atoms with E-state index in [2.05, 4.69) is 15.5 Å². The minimum Gasteiger partial charge on any atom is -0.480 e. The molecule has 0 aliphatic heterocycles. The second-order valence-corrected chi connectivity index (χ2v) is 5.86. The maximum atomic E-state index is 13.3. The van der Waals surface area contributed by atoms with Gasteiger partial charge in [0.15, 0.2) is 6.04 Å². The molecule has 28 heavy (non-hydrogen) atoms. The van der Waals surface area contributed by atoms with E-state index in [-0.39, 0.29) is 11.7 Å². The van der Waals surface area contributed by atoms with E-state index in [1.165, 1.54) is 25.1 Å². The van der Waals surface area contributed by atoms with Crippen LogP contribution in [-0.2, 0) is 9.59 Å². The largest absolute Gasteiger partial charge is 0.480 e. The van der Waals surface area contributed by atoms with Crippen molar-refractivity contribution in [3.8, 4) is 11.4 Å². The zero-order valence-corrected chi connectivity index (χ0v) is 14.6. The van der Waals surface area contributed by atoms with Gasteiger partial charge in [-0.25, -0.2) is 14.0 Å². The molecule has 0 radical (unpaired) electrons. The second kappa shape index (κ2) is 8.90. The fourth-order valence-electron chi connectivity index (χ4n) is 2.25. The standard InChI is InChI=1S/C16H18FN5O6/c1-7(23)12(15(25)26)20-16(27)19-10(6-11(18)24)14-21-13(22-28-14)8-3-2-4-9(17)5-8/h2-5,7,10,12,23H,6H2,1H3,(H2,18,24)(H,25,26)(H2,19,20,27)/t7?,10-,12?/m0/s1. The maximum Gasteiger partial charge on any atom is 0.328 e. The van der Waals surface area contributed by atoms with Crippen molar-refractivity contribution in [2.45, 2.75) is 31.5 Å². The summed E-state index contributed by atoms with van der Waals surface area (Å²) in [5.41, 5.74) is 5.46. The molecule has 2 rings (SSSR count). The Morgan fingerprint density at radius 3 is 2.61 bits per heavy atom. The van der Waals surface area contributed by atoms with Gasteiger partial charge in [-0.3, -0.25) is 4.79 Å². The van der Waals surface area contributed by atoms with Gasteiger partial charge in [0.05, 0.1) is 12.5 Å². The van der Waals surface area contributed by atoms with Gasteiger partial charge in [-0.05, 0) is 19.1 Å². The molecule has 150 valence electrons. The molecule has 2 aromatic rings. The van der Waals surface area contributed by atoms with Crippen molar-refractivity contribution in [2.75, 3.05) is 0 Å². The molecule has 1 aromatic carbocycles. The van der Waals surface area contributed by atoms with Crippen LogP contribution < -0.4 is 16.4 Å². The Hall–Kier alpha value is -3.54. The highest BCUT2D eigenvalue weighted by Crippen LogP contribution is 2.21. The number of nitrogens with two attached hydrogens (primary N) is 1. The van der Waals surface area contributed by atoms with Gasteiger partial charge >= 0.3 is 12.0 Å². The number of carbonyl (C=O) groups excluding carboxylic acids is 2. The van der Waals surface area contributed by atoms with Gasteiger partial charge in [0.2, 0.25) is 17.6 Å². The van der Waals surface area contributed by atoms with Gasteiger partial charge in [0, 0.05) is 5.56 Å². The number of nitrogens with one attached hydrogen (secondary N) is 2. The summed E-state index contributed by atoms with van der Waals surface area (Å²) in [5.74, 6) is -2.97. The number of aromatic nitrogens is 2. The third-order valence-corrected chi connectivity index (χ3v) is 3.57. The maximum absolute atomic E-state index is 13.3. The lowest BCUT2D eigenvalue weighted by Gasteiger charge is -2.19. The number of aliphatic carboxylic acids is 1. The molecule has 2 unspecified atom stereocenters. The van der Waals surface area contributed by atoms with E-state index in [1.807, 2.05) is 5.32 Å².